The van der Waals surface area contributed by atoms with Gasteiger partial charge in [-0.05, 0) is 49.2 Å². The average Bonchev–Trinajstić information content (AvgIpc) is 2.90. The number of carbonyl (C=O) groups is 3. The molecule has 0 aliphatic rings. The second kappa shape index (κ2) is 13.3. The van der Waals surface area contributed by atoms with E-state index in [-0.39, 0.29) is 17.2 Å². The minimum absolute atomic E-state index is 0.118. The fraction of sp³-hybridized carbons (Fsp3) is 0.241. The SMILES string of the molecule is COc1ccnc(C(=O)N[C@@H](C)C(=O)NC(C)=C(c2ccc(Cl)cc2)c2ccc(Cl)cc2)c1OC(=O)C(C)C. The van der Waals surface area contributed by atoms with Gasteiger partial charge in [-0.2, -0.15) is 0 Å². The van der Waals surface area contributed by atoms with Crippen LogP contribution in [-0.4, -0.2) is 35.9 Å². The van der Waals surface area contributed by atoms with Crippen molar-refractivity contribution in [1.29, 1.82) is 0 Å². The number of ether oxygens (including phenoxy) is 2. The Morgan fingerprint density at radius 1 is 0.872 bits per heavy atom. The number of amides is 2. The summed E-state index contributed by atoms with van der Waals surface area (Å²) >= 11 is 12.2. The highest BCUT2D eigenvalue weighted by atomic mass is 35.5. The monoisotopic (exact) mass is 569 g/mol. The number of nitrogens with one attached hydrogen (secondary N) is 2. The Labute approximate surface area is 237 Å². The smallest absolute Gasteiger partial charge is 0.313 e. The Hall–Kier alpha value is -3.88. The first-order valence-corrected chi connectivity index (χ1v) is 12.9. The average molecular weight is 570 g/mol. The van der Waals surface area contributed by atoms with E-state index in [9.17, 15) is 14.4 Å². The molecule has 1 atom stereocenters. The first kappa shape index (κ1) is 29.7. The summed E-state index contributed by atoms with van der Waals surface area (Å²) in [5.74, 6) is -2.13. The second-order valence-corrected chi connectivity index (χ2v) is 9.84. The van der Waals surface area contributed by atoms with Gasteiger partial charge in [-0.3, -0.25) is 14.4 Å². The first-order valence-electron chi connectivity index (χ1n) is 12.1. The Bertz CT molecular complexity index is 1340. The predicted molar refractivity (Wildman–Crippen MR) is 151 cm³/mol. The molecular formula is C29H29Cl2N3O5. The molecule has 10 heteroatoms. The fourth-order valence-corrected chi connectivity index (χ4v) is 3.84. The van der Waals surface area contributed by atoms with Crippen molar-refractivity contribution in [2.75, 3.05) is 7.11 Å². The van der Waals surface area contributed by atoms with Crippen LogP contribution < -0.4 is 20.1 Å². The number of carbonyl (C=O) groups excluding carboxylic acids is 3. The van der Waals surface area contributed by atoms with Gasteiger partial charge < -0.3 is 20.1 Å². The van der Waals surface area contributed by atoms with Crippen LogP contribution in [0.3, 0.4) is 0 Å². The third-order valence-electron chi connectivity index (χ3n) is 5.67. The number of hydrogen-bond acceptors (Lipinski definition) is 6. The Kier molecular flexibility index (Phi) is 10.1. The molecule has 1 heterocycles. The number of allylic oxidation sites excluding steroid dienone is 1. The van der Waals surface area contributed by atoms with E-state index < -0.39 is 29.7 Å². The van der Waals surface area contributed by atoms with Crippen molar-refractivity contribution in [3.63, 3.8) is 0 Å². The summed E-state index contributed by atoms with van der Waals surface area (Å²) < 4.78 is 10.6. The molecule has 3 rings (SSSR count). The molecule has 3 aromatic rings. The largest absolute Gasteiger partial charge is 0.493 e. The summed E-state index contributed by atoms with van der Waals surface area (Å²) in [5, 5.41) is 6.65. The second-order valence-electron chi connectivity index (χ2n) is 8.96. The zero-order valence-electron chi connectivity index (χ0n) is 22.2. The van der Waals surface area contributed by atoms with Crippen molar-refractivity contribution in [3.05, 3.63) is 93.4 Å². The van der Waals surface area contributed by atoms with Crippen molar-refractivity contribution in [3.8, 4) is 11.5 Å². The molecule has 0 saturated heterocycles. The summed E-state index contributed by atoms with van der Waals surface area (Å²) in [4.78, 5) is 42.5. The van der Waals surface area contributed by atoms with Crippen molar-refractivity contribution >= 4 is 46.6 Å². The lowest BCUT2D eigenvalue weighted by Crippen LogP contribution is -2.44. The molecule has 0 aliphatic carbocycles. The molecule has 0 bridgehead atoms. The molecule has 2 aromatic carbocycles. The highest BCUT2D eigenvalue weighted by Crippen LogP contribution is 2.31. The maximum absolute atomic E-state index is 13.1. The molecule has 204 valence electrons. The third kappa shape index (κ3) is 7.59. The summed E-state index contributed by atoms with van der Waals surface area (Å²) in [6.45, 7) is 6.62. The van der Waals surface area contributed by atoms with Gasteiger partial charge in [0.15, 0.2) is 11.4 Å². The zero-order valence-corrected chi connectivity index (χ0v) is 23.7. The lowest BCUT2D eigenvalue weighted by Gasteiger charge is -2.19. The number of hydrogen-bond donors (Lipinski definition) is 2. The van der Waals surface area contributed by atoms with E-state index in [0.29, 0.717) is 15.7 Å². The quantitative estimate of drug-likeness (QED) is 0.321. The number of rotatable bonds is 9. The van der Waals surface area contributed by atoms with Crippen LogP contribution in [0.2, 0.25) is 10.0 Å². The topological polar surface area (TPSA) is 107 Å². The molecule has 0 saturated carbocycles. The number of nitrogens with zero attached hydrogens (tertiary/aromatic N) is 1. The number of aromatic nitrogens is 1. The van der Waals surface area contributed by atoms with Crippen LogP contribution in [0.1, 0.15) is 49.3 Å². The molecule has 0 radical (unpaired) electrons. The van der Waals surface area contributed by atoms with Gasteiger partial charge in [-0.25, -0.2) is 4.98 Å². The molecule has 2 amide bonds. The van der Waals surface area contributed by atoms with Gasteiger partial charge in [0.25, 0.3) is 5.91 Å². The van der Waals surface area contributed by atoms with Gasteiger partial charge in [0, 0.05) is 33.6 Å². The molecule has 0 spiro atoms. The molecule has 2 N–H and O–H groups in total. The van der Waals surface area contributed by atoms with Gasteiger partial charge in [0.05, 0.1) is 13.0 Å². The minimum atomic E-state index is -0.967. The van der Waals surface area contributed by atoms with Crippen LogP contribution in [-0.2, 0) is 9.59 Å². The molecule has 1 aromatic heterocycles. The molecule has 0 fully saturated rings. The minimum Gasteiger partial charge on any atom is -0.493 e. The normalized spacial score (nSPS) is 11.4. The van der Waals surface area contributed by atoms with Crippen molar-refractivity contribution in [2.45, 2.75) is 33.7 Å². The molecule has 0 aliphatic heterocycles. The number of methoxy groups -OCH3 is 1. The van der Waals surface area contributed by atoms with E-state index in [1.807, 2.05) is 24.3 Å². The molecular weight excluding hydrogens is 541 g/mol. The lowest BCUT2D eigenvalue weighted by molar-refractivity contribution is -0.137. The Balaban J connectivity index is 1.86. The van der Waals surface area contributed by atoms with E-state index in [1.165, 1.54) is 26.3 Å². The van der Waals surface area contributed by atoms with Gasteiger partial charge in [0.1, 0.15) is 6.04 Å². The van der Waals surface area contributed by atoms with Crippen LogP contribution in [0.5, 0.6) is 11.5 Å². The summed E-state index contributed by atoms with van der Waals surface area (Å²) in [6.07, 6.45) is 1.35. The summed E-state index contributed by atoms with van der Waals surface area (Å²) in [5.41, 5.74) is 2.78. The summed E-state index contributed by atoms with van der Waals surface area (Å²) in [6, 6.07) is 14.9. The number of benzene rings is 2. The van der Waals surface area contributed by atoms with E-state index in [2.05, 4.69) is 15.6 Å². The summed E-state index contributed by atoms with van der Waals surface area (Å²) in [7, 11) is 1.38. The van der Waals surface area contributed by atoms with Gasteiger partial charge in [-0.1, -0.05) is 61.3 Å². The number of halogens is 2. The molecule has 8 nitrogen and oxygen atoms in total. The van der Waals surface area contributed by atoms with E-state index in [0.717, 1.165) is 16.7 Å². The highest BCUT2D eigenvalue weighted by molar-refractivity contribution is 6.31. The Morgan fingerprint density at radius 3 is 1.90 bits per heavy atom. The molecule has 39 heavy (non-hydrogen) atoms. The van der Waals surface area contributed by atoms with Crippen molar-refractivity contribution in [1.82, 2.24) is 15.6 Å². The van der Waals surface area contributed by atoms with Crippen LogP contribution in [0, 0.1) is 5.92 Å². The zero-order chi connectivity index (χ0) is 28.7. The van der Waals surface area contributed by atoms with Gasteiger partial charge >= 0.3 is 5.97 Å². The van der Waals surface area contributed by atoms with E-state index in [1.54, 1.807) is 45.0 Å². The highest BCUT2D eigenvalue weighted by Gasteiger charge is 2.26. The maximum atomic E-state index is 13.1. The van der Waals surface area contributed by atoms with E-state index >= 15 is 0 Å². The standard InChI is InChI=1S/C29H29Cl2N3O5/c1-16(2)29(37)39-26-23(38-5)14-15-32-25(26)28(36)34-18(4)27(35)33-17(3)24(19-6-10-21(30)11-7-19)20-8-12-22(31)13-9-20/h6-16,18H,1-5H3,(H,33,35)(H,34,36)/t18-/m0/s1. The van der Waals surface area contributed by atoms with Gasteiger partial charge in [0.2, 0.25) is 11.7 Å². The number of pyridine rings is 1. The van der Waals surface area contributed by atoms with Crippen molar-refractivity contribution < 1.29 is 23.9 Å². The van der Waals surface area contributed by atoms with E-state index in [4.69, 9.17) is 32.7 Å². The third-order valence-corrected chi connectivity index (χ3v) is 6.17. The van der Waals surface area contributed by atoms with Crippen LogP contribution in [0.25, 0.3) is 5.57 Å². The number of esters is 1. The molecule has 0 unspecified atom stereocenters. The lowest BCUT2D eigenvalue weighted by atomic mass is 9.96. The van der Waals surface area contributed by atoms with Crippen LogP contribution in [0.4, 0.5) is 0 Å². The predicted octanol–water partition coefficient (Wildman–Crippen LogP) is 5.67. The van der Waals surface area contributed by atoms with Gasteiger partial charge in [-0.15, -0.1) is 0 Å². The Morgan fingerprint density at radius 2 is 1.41 bits per heavy atom. The van der Waals surface area contributed by atoms with Crippen LogP contribution in [0.15, 0.2) is 66.5 Å². The maximum Gasteiger partial charge on any atom is 0.313 e. The fourth-order valence-electron chi connectivity index (χ4n) is 3.59. The van der Waals surface area contributed by atoms with Crippen molar-refractivity contribution in [2.24, 2.45) is 5.92 Å². The van der Waals surface area contributed by atoms with Crippen LogP contribution >= 0.6 is 23.2 Å². The first-order chi connectivity index (χ1) is 18.5.